The van der Waals surface area contributed by atoms with Crippen molar-refractivity contribution in [3.8, 4) is 0 Å². The Morgan fingerprint density at radius 1 is 0.833 bits per heavy atom. The van der Waals surface area contributed by atoms with E-state index in [4.69, 9.17) is 13.7 Å². The fourth-order valence-corrected chi connectivity index (χ4v) is 8.63. The van der Waals surface area contributed by atoms with Crippen molar-refractivity contribution in [2.24, 2.45) is 11.8 Å². The van der Waals surface area contributed by atoms with E-state index in [1.54, 1.807) is 0 Å². The highest BCUT2D eigenvalue weighted by Crippen LogP contribution is 2.42. The first-order chi connectivity index (χ1) is 14.6. The molecular formula is C25H47BO3Si. The molecule has 0 N–H and O–H groups in total. The van der Waals surface area contributed by atoms with E-state index in [1.807, 2.05) is 0 Å². The summed E-state index contributed by atoms with van der Waals surface area (Å²) in [6.45, 7) is 9.89. The van der Waals surface area contributed by atoms with Crippen LogP contribution in [0.3, 0.4) is 0 Å². The van der Waals surface area contributed by atoms with E-state index in [1.165, 1.54) is 82.3 Å². The van der Waals surface area contributed by atoms with Crippen molar-refractivity contribution in [1.82, 2.24) is 0 Å². The highest BCUT2D eigenvalue weighted by atomic mass is 28.4. The SMILES string of the molecule is CC[Si](CC)(CC)OC/C=C\[C@H](C)B1O[C@@H](C2CCCCC2)[C@H](C2CCCCC2)O1. The van der Waals surface area contributed by atoms with Gasteiger partial charge in [0.1, 0.15) is 0 Å². The molecule has 5 heteroatoms. The van der Waals surface area contributed by atoms with E-state index in [2.05, 4.69) is 39.8 Å². The fourth-order valence-electron chi connectivity index (χ4n) is 6.07. The lowest BCUT2D eigenvalue weighted by Crippen LogP contribution is -2.38. The van der Waals surface area contributed by atoms with Crippen molar-refractivity contribution in [3.63, 3.8) is 0 Å². The highest BCUT2D eigenvalue weighted by molar-refractivity contribution is 6.73. The van der Waals surface area contributed by atoms with Crippen molar-refractivity contribution >= 4 is 15.4 Å². The summed E-state index contributed by atoms with van der Waals surface area (Å²) in [5.41, 5.74) is 0. The second-order valence-corrected chi connectivity index (χ2v) is 15.0. The normalized spacial score (nSPS) is 28.5. The van der Waals surface area contributed by atoms with Gasteiger partial charge in [0.25, 0.3) is 0 Å². The summed E-state index contributed by atoms with van der Waals surface area (Å²) in [5, 5.41) is 0. The Bertz CT molecular complexity index is 478. The monoisotopic (exact) mass is 434 g/mol. The van der Waals surface area contributed by atoms with Crippen LogP contribution in [0.4, 0.5) is 0 Å². The standard InChI is InChI=1S/C25H47BO3Si/c1-5-30(6-2,7-3)27-20-14-15-21(4)26-28-24(22-16-10-8-11-17-22)25(29-26)23-18-12-9-13-19-23/h14-15,21-25H,5-13,16-20H2,1-4H3/b15-14-/t21-,24-,25-/m0/s1. The summed E-state index contributed by atoms with van der Waals surface area (Å²) >= 11 is 0. The topological polar surface area (TPSA) is 27.7 Å². The van der Waals surface area contributed by atoms with E-state index >= 15 is 0 Å². The van der Waals surface area contributed by atoms with E-state index in [0.29, 0.717) is 24.0 Å². The first-order valence-electron chi connectivity index (χ1n) is 13.2. The molecule has 0 spiro atoms. The van der Waals surface area contributed by atoms with Crippen LogP contribution in [0.25, 0.3) is 0 Å². The predicted molar refractivity (Wildman–Crippen MR) is 130 cm³/mol. The molecule has 0 aromatic carbocycles. The van der Waals surface area contributed by atoms with Crippen LogP contribution in [-0.2, 0) is 13.7 Å². The van der Waals surface area contributed by atoms with Crippen LogP contribution in [0, 0.1) is 11.8 Å². The number of hydrogen-bond donors (Lipinski definition) is 0. The van der Waals surface area contributed by atoms with E-state index in [0.717, 1.165) is 6.61 Å². The summed E-state index contributed by atoms with van der Waals surface area (Å²) in [6.07, 6.45) is 18.8. The lowest BCUT2D eigenvalue weighted by molar-refractivity contribution is 0.0324. The molecule has 1 heterocycles. The van der Waals surface area contributed by atoms with Gasteiger partial charge >= 0.3 is 7.12 Å². The Morgan fingerprint density at radius 2 is 1.30 bits per heavy atom. The van der Waals surface area contributed by atoms with Crippen LogP contribution in [0.1, 0.15) is 91.9 Å². The van der Waals surface area contributed by atoms with Crippen LogP contribution in [0.5, 0.6) is 0 Å². The average molecular weight is 435 g/mol. The molecule has 3 rings (SSSR count). The van der Waals surface area contributed by atoms with E-state index in [-0.39, 0.29) is 12.9 Å². The molecule has 0 aromatic heterocycles. The van der Waals surface area contributed by atoms with Gasteiger partial charge in [-0.25, -0.2) is 0 Å². The molecule has 1 aliphatic heterocycles. The Labute approximate surface area is 188 Å². The van der Waals surface area contributed by atoms with Crippen LogP contribution in [0.15, 0.2) is 12.2 Å². The molecule has 172 valence electrons. The minimum atomic E-state index is -1.50. The van der Waals surface area contributed by atoms with Gasteiger partial charge in [-0.2, -0.15) is 0 Å². The van der Waals surface area contributed by atoms with Crippen molar-refractivity contribution in [1.29, 1.82) is 0 Å². The lowest BCUT2D eigenvalue weighted by Gasteiger charge is -2.35. The maximum Gasteiger partial charge on any atom is 0.464 e. The van der Waals surface area contributed by atoms with Crippen LogP contribution < -0.4 is 0 Å². The van der Waals surface area contributed by atoms with Crippen molar-refractivity contribution in [2.45, 2.75) is 128 Å². The molecule has 30 heavy (non-hydrogen) atoms. The summed E-state index contributed by atoms with van der Waals surface area (Å²) in [5.74, 6) is 1.70. The van der Waals surface area contributed by atoms with Crippen molar-refractivity contribution in [2.75, 3.05) is 6.61 Å². The molecule has 3 atom stereocenters. The molecule has 0 amide bonds. The molecule has 2 saturated carbocycles. The summed E-state index contributed by atoms with van der Waals surface area (Å²) in [6, 6.07) is 3.64. The molecule has 3 nitrogen and oxygen atoms in total. The summed E-state index contributed by atoms with van der Waals surface area (Å²) in [4.78, 5) is 0. The Balaban J connectivity index is 1.57. The predicted octanol–water partition coefficient (Wildman–Crippen LogP) is 7.39. The van der Waals surface area contributed by atoms with Gasteiger partial charge in [0.2, 0.25) is 0 Å². The molecule has 3 aliphatic rings. The molecule has 0 radical (unpaired) electrons. The zero-order chi connectivity index (χ0) is 21.4. The van der Waals surface area contributed by atoms with Gasteiger partial charge in [-0.05, 0) is 55.7 Å². The molecule has 2 aliphatic carbocycles. The lowest BCUT2D eigenvalue weighted by atomic mass is 9.73. The van der Waals surface area contributed by atoms with Gasteiger partial charge in [0.15, 0.2) is 8.32 Å². The smallest absolute Gasteiger partial charge is 0.413 e. The van der Waals surface area contributed by atoms with Gasteiger partial charge in [-0.15, -0.1) is 0 Å². The molecular weight excluding hydrogens is 387 g/mol. The Hall–Kier alpha value is -0.0982. The molecule has 3 fully saturated rings. The second kappa shape index (κ2) is 12.2. The Kier molecular flexibility index (Phi) is 10.0. The van der Waals surface area contributed by atoms with Crippen molar-refractivity contribution < 1.29 is 13.7 Å². The third kappa shape index (κ3) is 6.24. The molecule has 0 bridgehead atoms. The highest BCUT2D eigenvalue weighted by Gasteiger charge is 2.48. The van der Waals surface area contributed by atoms with Gasteiger partial charge < -0.3 is 13.7 Å². The largest absolute Gasteiger partial charge is 0.464 e. The zero-order valence-corrected chi connectivity index (χ0v) is 21.2. The second-order valence-electron chi connectivity index (χ2n) is 10.2. The number of allylic oxidation sites excluding steroid dienone is 1. The molecule has 0 unspecified atom stereocenters. The van der Waals surface area contributed by atoms with Gasteiger partial charge in [0.05, 0.1) is 18.8 Å². The first-order valence-corrected chi connectivity index (χ1v) is 15.8. The molecule has 1 saturated heterocycles. The average Bonchev–Trinajstić information content (AvgIpc) is 3.26. The van der Waals surface area contributed by atoms with E-state index in [9.17, 15) is 0 Å². The van der Waals surface area contributed by atoms with Crippen LogP contribution in [0.2, 0.25) is 23.9 Å². The fraction of sp³-hybridized carbons (Fsp3) is 0.920. The molecule has 0 aromatic rings. The Morgan fingerprint density at radius 3 is 1.73 bits per heavy atom. The third-order valence-electron chi connectivity index (χ3n) is 8.42. The van der Waals surface area contributed by atoms with Crippen molar-refractivity contribution in [3.05, 3.63) is 12.2 Å². The summed E-state index contributed by atoms with van der Waals surface area (Å²) < 4.78 is 19.8. The minimum absolute atomic E-state index is 0.0781. The maximum atomic E-state index is 6.68. The van der Waals surface area contributed by atoms with Gasteiger partial charge in [-0.3, -0.25) is 0 Å². The number of rotatable bonds is 10. The summed E-state index contributed by atoms with van der Waals surface area (Å²) in [7, 11) is -1.58. The minimum Gasteiger partial charge on any atom is -0.413 e. The van der Waals surface area contributed by atoms with Crippen LogP contribution >= 0.6 is 0 Å². The third-order valence-corrected chi connectivity index (χ3v) is 13.1. The maximum absolute atomic E-state index is 6.68. The number of hydrogen-bond acceptors (Lipinski definition) is 3. The van der Waals surface area contributed by atoms with Gasteiger partial charge in [0, 0.05) is 5.82 Å². The zero-order valence-electron chi connectivity index (χ0n) is 20.2. The first kappa shape index (κ1) is 24.5. The van der Waals surface area contributed by atoms with Crippen LogP contribution in [-0.4, -0.2) is 34.3 Å². The van der Waals surface area contributed by atoms with E-state index < -0.39 is 8.32 Å². The van der Waals surface area contributed by atoms with Gasteiger partial charge in [-0.1, -0.05) is 78.4 Å². The quantitative estimate of drug-likeness (QED) is 0.265.